The number of fused-ring (bicyclic) bond motifs is 2. The van der Waals surface area contributed by atoms with Crippen molar-refractivity contribution in [3.8, 4) is 0 Å². The van der Waals surface area contributed by atoms with Gasteiger partial charge in [0.15, 0.2) is 0 Å². The molecule has 0 radical (unpaired) electrons. The van der Waals surface area contributed by atoms with Crippen LogP contribution in [0.15, 0.2) is 53.9 Å². The summed E-state index contributed by atoms with van der Waals surface area (Å²) in [6, 6.07) is 11.9. The van der Waals surface area contributed by atoms with Gasteiger partial charge < -0.3 is 16.0 Å². The minimum absolute atomic E-state index is 0.0793. The topological polar surface area (TPSA) is 133 Å². The molecule has 1 aliphatic heterocycles. The van der Waals surface area contributed by atoms with Crippen molar-refractivity contribution in [2.75, 3.05) is 18.4 Å². The predicted molar refractivity (Wildman–Crippen MR) is 123 cm³/mol. The van der Waals surface area contributed by atoms with Gasteiger partial charge in [0.05, 0.1) is 29.5 Å². The Bertz CT molecular complexity index is 1150. The lowest BCUT2D eigenvalue weighted by atomic mass is 10.1. The van der Waals surface area contributed by atoms with Crippen LogP contribution >= 0.6 is 0 Å². The lowest BCUT2D eigenvalue weighted by Crippen LogP contribution is -2.36. The van der Waals surface area contributed by atoms with Crippen LogP contribution in [0.2, 0.25) is 0 Å². The summed E-state index contributed by atoms with van der Waals surface area (Å²) in [5, 5.41) is 6.78. The van der Waals surface area contributed by atoms with Crippen molar-refractivity contribution in [3.05, 3.63) is 82.4 Å². The standard InChI is InChI=1S/C24H26N8O/c25-20(13-29-26)22-6-5-17(11-27-22)23(33)32-8-7-21-18(14-32)12-28-24(31-21)30-19-9-15-3-1-2-4-16(15)10-19/h1-6,11-12,19-20,26H,7-10,13-14,25H2,(H,28,30,31). The Balaban J connectivity index is 1.22. The van der Waals surface area contributed by atoms with Gasteiger partial charge in [-0.05, 0) is 36.1 Å². The number of nitrogens with zero attached hydrogens (tertiary/aromatic N) is 5. The zero-order valence-corrected chi connectivity index (χ0v) is 18.2. The number of amides is 1. The van der Waals surface area contributed by atoms with E-state index in [1.165, 1.54) is 11.1 Å². The van der Waals surface area contributed by atoms with Gasteiger partial charge in [0.1, 0.15) is 0 Å². The van der Waals surface area contributed by atoms with E-state index in [2.05, 4.69) is 44.7 Å². The molecule has 4 N–H and O–H groups in total. The first kappa shape index (κ1) is 21.1. The van der Waals surface area contributed by atoms with Gasteiger partial charge in [0.2, 0.25) is 5.95 Å². The van der Waals surface area contributed by atoms with Gasteiger partial charge in [-0.1, -0.05) is 24.3 Å². The van der Waals surface area contributed by atoms with Gasteiger partial charge in [-0.25, -0.2) is 15.5 Å². The van der Waals surface area contributed by atoms with Crippen LogP contribution in [0, 0.1) is 5.53 Å². The highest BCUT2D eigenvalue weighted by molar-refractivity contribution is 5.94. The highest BCUT2D eigenvalue weighted by Crippen LogP contribution is 2.25. The van der Waals surface area contributed by atoms with Crippen LogP contribution in [0.1, 0.15) is 44.5 Å². The average Bonchev–Trinajstić information content (AvgIpc) is 3.26. The zero-order chi connectivity index (χ0) is 22.8. The summed E-state index contributed by atoms with van der Waals surface area (Å²) < 4.78 is 0. The van der Waals surface area contributed by atoms with Crippen LogP contribution in [0.5, 0.6) is 0 Å². The second kappa shape index (κ2) is 9.03. The van der Waals surface area contributed by atoms with Crippen molar-refractivity contribution in [2.24, 2.45) is 10.8 Å². The molecule has 0 spiro atoms. The lowest BCUT2D eigenvalue weighted by Gasteiger charge is -2.28. The maximum atomic E-state index is 13.0. The molecule has 33 heavy (non-hydrogen) atoms. The minimum Gasteiger partial charge on any atom is -0.351 e. The van der Waals surface area contributed by atoms with Crippen LogP contribution < -0.4 is 11.1 Å². The largest absolute Gasteiger partial charge is 0.351 e. The van der Waals surface area contributed by atoms with Gasteiger partial charge in [0.25, 0.3) is 5.91 Å². The molecule has 0 fully saturated rings. The van der Waals surface area contributed by atoms with Crippen LogP contribution in [-0.2, 0) is 25.8 Å². The number of nitrogens with two attached hydrogens (primary N) is 1. The van der Waals surface area contributed by atoms with Gasteiger partial charge >= 0.3 is 0 Å². The Morgan fingerprint density at radius 3 is 2.64 bits per heavy atom. The van der Waals surface area contributed by atoms with Crippen molar-refractivity contribution in [1.29, 1.82) is 5.53 Å². The Morgan fingerprint density at radius 1 is 1.15 bits per heavy atom. The normalized spacial score (nSPS) is 16.1. The van der Waals surface area contributed by atoms with Crippen molar-refractivity contribution in [3.63, 3.8) is 0 Å². The second-order valence-electron chi connectivity index (χ2n) is 8.58. The molecule has 1 atom stereocenters. The van der Waals surface area contributed by atoms with E-state index in [4.69, 9.17) is 16.2 Å². The summed E-state index contributed by atoms with van der Waals surface area (Å²) in [6.07, 6.45) is 6.02. The molecule has 2 aliphatic rings. The van der Waals surface area contributed by atoms with Gasteiger partial charge in [-0.2, -0.15) is 5.11 Å². The van der Waals surface area contributed by atoms with Crippen molar-refractivity contribution in [1.82, 2.24) is 19.9 Å². The highest BCUT2D eigenvalue weighted by atomic mass is 16.2. The van der Waals surface area contributed by atoms with Crippen LogP contribution in [0.3, 0.4) is 0 Å². The van der Waals surface area contributed by atoms with Gasteiger partial charge in [-0.3, -0.25) is 9.78 Å². The van der Waals surface area contributed by atoms with E-state index >= 15 is 0 Å². The molecule has 2 aromatic heterocycles. The fourth-order valence-corrected chi connectivity index (χ4v) is 4.53. The van der Waals surface area contributed by atoms with Crippen molar-refractivity contribution >= 4 is 11.9 Å². The quantitative estimate of drug-likeness (QED) is 0.503. The monoisotopic (exact) mass is 442 g/mol. The summed E-state index contributed by atoms with van der Waals surface area (Å²) in [7, 11) is 0. The summed E-state index contributed by atoms with van der Waals surface area (Å²) in [4.78, 5) is 28.3. The molecule has 1 amide bonds. The van der Waals surface area contributed by atoms with E-state index in [0.717, 1.165) is 24.1 Å². The number of pyridine rings is 1. The number of aromatic nitrogens is 3. The number of hydrogen-bond donors (Lipinski definition) is 3. The number of benzene rings is 1. The zero-order valence-electron chi connectivity index (χ0n) is 18.2. The number of nitrogens with one attached hydrogen (secondary N) is 2. The number of hydrogen-bond acceptors (Lipinski definition) is 8. The van der Waals surface area contributed by atoms with Crippen LogP contribution in [-0.4, -0.2) is 44.9 Å². The molecule has 0 saturated heterocycles. The second-order valence-corrected chi connectivity index (χ2v) is 8.58. The maximum absolute atomic E-state index is 13.0. The molecule has 9 nitrogen and oxygen atoms in total. The summed E-state index contributed by atoms with van der Waals surface area (Å²) in [5.74, 6) is 0.575. The smallest absolute Gasteiger partial charge is 0.255 e. The van der Waals surface area contributed by atoms with E-state index in [9.17, 15) is 4.79 Å². The number of anilines is 1. The number of carbonyl (C=O) groups is 1. The van der Waals surface area contributed by atoms with Crippen LogP contribution in [0.25, 0.3) is 0 Å². The summed E-state index contributed by atoms with van der Waals surface area (Å²) >= 11 is 0. The van der Waals surface area contributed by atoms with Gasteiger partial charge in [-0.15, -0.1) is 0 Å². The molecule has 3 heterocycles. The predicted octanol–water partition coefficient (Wildman–Crippen LogP) is 2.68. The van der Waals surface area contributed by atoms with Gasteiger partial charge in [0, 0.05) is 43.5 Å². The molecule has 168 valence electrons. The van der Waals surface area contributed by atoms with E-state index in [0.29, 0.717) is 42.8 Å². The molecular formula is C24H26N8O. The third-order valence-electron chi connectivity index (χ3n) is 6.31. The number of carbonyl (C=O) groups excluding carboxylic acids is 1. The van der Waals surface area contributed by atoms with E-state index in [1.54, 1.807) is 23.2 Å². The fourth-order valence-electron chi connectivity index (χ4n) is 4.53. The van der Waals surface area contributed by atoms with E-state index < -0.39 is 6.04 Å². The first-order valence-electron chi connectivity index (χ1n) is 11.1. The van der Waals surface area contributed by atoms with E-state index in [-0.39, 0.29) is 12.5 Å². The Morgan fingerprint density at radius 2 is 1.94 bits per heavy atom. The third kappa shape index (κ3) is 4.45. The molecular weight excluding hydrogens is 416 g/mol. The molecule has 5 rings (SSSR count). The minimum atomic E-state index is -0.438. The van der Waals surface area contributed by atoms with E-state index in [1.807, 2.05) is 6.20 Å². The number of rotatable bonds is 6. The first-order valence-corrected chi connectivity index (χ1v) is 11.1. The molecule has 1 unspecified atom stereocenters. The molecule has 1 aliphatic carbocycles. The Kier molecular flexibility index (Phi) is 5.78. The van der Waals surface area contributed by atoms with Crippen molar-refractivity contribution in [2.45, 2.75) is 37.9 Å². The molecule has 0 saturated carbocycles. The summed E-state index contributed by atoms with van der Waals surface area (Å²) in [5.41, 5.74) is 18.7. The molecule has 0 bridgehead atoms. The lowest BCUT2D eigenvalue weighted by molar-refractivity contribution is 0.0733. The Hall–Kier alpha value is -3.72. The fraction of sp³-hybridized carbons (Fsp3) is 0.333. The van der Waals surface area contributed by atoms with Crippen molar-refractivity contribution < 1.29 is 4.79 Å². The Labute approximate surface area is 192 Å². The summed E-state index contributed by atoms with van der Waals surface area (Å²) in [6.45, 7) is 1.24. The van der Waals surface area contributed by atoms with Crippen LogP contribution in [0.4, 0.5) is 5.95 Å². The highest BCUT2D eigenvalue weighted by Gasteiger charge is 2.25. The third-order valence-corrected chi connectivity index (χ3v) is 6.31. The SMILES string of the molecule is N=NCC(N)c1ccc(C(=O)N2CCc3nc(NC4Cc5ccccc5C4)ncc3C2)cn1. The molecule has 3 aromatic rings. The molecule has 1 aromatic carbocycles. The maximum Gasteiger partial charge on any atom is 0.255 e. The molecule has 9 heteroatoms. The first-order chi connectivity index (χ1) is 16.1. The average molecular weight is 443 g/mol.